The number of carbonyl (C=O) groups is 1. The molecule has 4 atom stereocenters. The maximum Gasteiger partial charge on any atom is 0.261 e. The standard InChI is InChI=1S/C21H25N3O2S/c1-14-4-5-19(27-14)20(25)23-10-16-17-12-24(11-15-3-2-8-22-9-15)13-21(17)7-6-18(16)26-21/h2-5,8-9,16-18H,6-7,10-13H2,1H3,(H,23,25)/t16-,17+,18+,21+/m0/s1. The lowest BCUT2D eigenvalue weighted by atomic mass is 9.73. The normalized spacial score (nSPS) is 32.0. The van der Waals surface area contributed by atoms with Crippen molar-refractivity contribution >= 4 is 17.2 Å². The highest BCUT2D eigenvalue weighted by Crippen LogP contribution is 2.54. The molecule has 0 aliphatic carbocycles. The van der Waals surface area contributed by atoms with Crippen LogP contribution in [0.2, 0.25) is 0 Å². The number of aryl methyl sites for hydroxylation is 1. The molecule has 2 aromatic rings. The summed E-state index contributed by atoms with van der Waals surface area (Å²) < 4.78 is 6.50. The lowest BCUT2D eigenvalue weighted by Gasteiger charge is -2.29. The van der Waals surface area contributed by atoms with E-state index in [4.69, 9.17) is 4.74 Å². The predicted molar refractivity (Wildman–Crippen MR) is 105 cm³/mol. The minimum Gasteiger partial charge on any atom is -0.370 e. The summed E-state index contributed by atoms with van der Waals surface area (Å²) in [5, 5.41) is 3.18. The maximum absolute atomic E-state index is 12.5. The van der Waals surface area contributed by atoms with Crippen LogP contribution in [0, 0.1) is 18.8 Å². The van der Waals surface area contributed by atoms with Crippen LogP contribution >= 0.6 is 11.3 Å². The number of ether oxygens (including phenoxy) is 1. The number of aromatic nitrogens is 1. The second-order valence-electron chi connectivity index (χ2n) is 8.18. The van der Waals surface area contributed by atoms with Gasteiger partial charge in [-0.3, -0.25) is 14.7 Å². The van der Waals surface area contributed by atoms with Crippen molar-refractivity contribution < 1.29 is 9.53 Å². The zero-order valence-electron chi connectivity index (χ0n) is 15.6. The Kier molecular flexibility index (Phi) is 4.30. The maximum atomic E-state index is 12.5. The van der Waals surface area contributed by atoms with Crippen LogP contribution in [-0.4, -0.2) is 47.1 Å². The summed E-state index contributed by atoms with van der Waals surface area (Å²) in [5.74, 6) is 0.982. The molecule has 5 heterocycles. The summed E-state index contributed by atoms with van der Waals surface area (Å²) >= 11 is 1.56. The quantitative estimate of drug-likeness (QED) is 0.863. The molecular weight excluding hydrogens is 358 g/mol. The molecule has 5 nitrogen and oxygen atoms in total. The van der Waals surface area contributed by atoms with Gasteiger partial charge in [0, 0.05) is 55.3 Å². The van der Waals surface area contributed by atoms with Gasteiger partial charge in [-0.15, -0.1) is 11.3 Å². The monoisotopic (exact) mass is 383 g/mol. The summed E-state index contributed by atoms with van der Waals surface area (Å²) in [4.78, 5) is 21.2. The number of thiophene rings is 1. The van der Waals surface area contributed by atoms with Crippen LogP contribution in [0.4, 0.5) is 0 Å². The minimum absolute atomic E-state index is 0.00178. The van der Waals surface area contributed by atoms with E-state index in [9.17, 15) is 4.79 Å². The Morgan fingerprint density at radius 1 is 1.44 bits per heavy atom. The van der Waals surface area contributed by atoms with Gasteiger partial charge in [-0.1, -0.05) is 6.07 Å². The topological polar surface area (TPSA) is 54.5 Å². The molecular formula is C21H25N3O2S. The number of amides is 1. The molecule has 0 aromatic carbocycles. The molecule has 3 saturated heterocycles. The van der Waals surface area contributed by atoms with E-state index in [-0.39, 0.29) is 11.5 Å². The van der Waals surface area contributed by atoms with Gasteiger partial charge in [-0.2, -0.15) is 0 Å². The van der Waals surface area contributed by atoms with E-state index < -0.39 is 0 Å². The number of rotatable bonds is 5. The highest BCUT2D eigenvalue weighted by Gasteiger charge is 2.62. The highest BCUT2D eigenvalue weighted by molar-refractivity contribution is 7.13. The van der Waals surface area contributed by atoms with Crippen molar-refractivity contribution in [1.29, 1.82) is 0 Å². The Morgan fingerprint density at radius 2 is 2.37 bits per heavy atom. The van der Waals surface area contributed by atoms with Gasteiger partial charge in [0.1, 0.15) is 0 Å². The lowest BCUT2D eigenvalue weighted by Crippen LogP contribution is -2.41. The smallest absolute Gasteiger partial charge is 0.261 e. The van der Waals surface area contributed by atoms with E-state index in [2.05, 4.69) is 21.3 Å². The second-order valence-corrected chi connectivity index (χ2v) is 9.47. The van der Waals surface area contributed by atoms with Gasteiger partial charge in [0.25, 0.3) is 5.91 Å². The van der Waals surface area contributed by atoms with Crippen LogP contribution in [-0.2, 0) is 11.3 Å². The molecule has 1 spiro atoms. The van der Waals surface area contributed by atoms with Gasteiger partial charge < -0.3 is 10.1 Å². The van der Waals surface area contributed by atoms with Gasteiger partial charge >= 0.3 is 0 Å². The number of carbonyl (C=O) groups excluding carboxylic acids is 1. The number of pyridine rings is 1. The van der Waals surface area contributed by atoms with E-state index >= 15 is 0 Å². The van der Waals surface area contributed by atoms with Crippen molar-refractivity contribution in [3.63, 3.8) is 0 Å². The first-order valence-corrected chi connectivity index (χ1v) is 10.6. The Morgan fingerprint density at radius 3 is 3.15 bits per heavy atom. The van der Waals surface area contributed by atoms with Crippen LogP contribution in [0.15, 0.2) is 36.7 Å². The van der Waals surface area contributed by atoms with Gasteiger partial charge in [-0.25, -0.2) is 0 Å². The fourth-order valence-electron chi connectivity index (χ4n) is 5.28. The number of nitrogens with one attached hydrogen (secondary N) is 1. The summed E-state index contributed by atoms with van der Waals surface area (Å²) in [5.41, 5.74) is 1.25. The second kappa shape index (κ2) is 6.69. The number of fused-ring (bicyclic) bond motifs is 1. The van der Waals surface area contributed by atoms with Crippen LogP contribution in [0.25, 0.3) is 0 Å². The number of hydrogen-bond acceptors (Lipinski definition) is 5. The molecule has 1 N–H and O–H groups in total. The summed E-state index contributed by atoms with van der Waals surface area (Å²) in [6, 6.07) is 8.05. The van der Waals surface area contributed by atoms with E-state index in [1.165, 1.54) is 10.4 Å². The van der Waals surface area contributed by atoms with Crippen LogP contribution in [0.1, 0.15) is 33.0 Å². The van der Waals surface area contributed by atoms with E-state index in [1.807, 2.05) is 37.5 Å². The number of nitrogens with zero attached hydrogens (tertiary/aromatic N) is 2. The fraction of sp³-hybridized carbons (Fsp3) is 0.524. The molecule has 0 radical (unpaired) electrons. The van der Waals surface area contributed by atoms with Crippen LogP contribution in [0.5, 0.6) is 0 Å². The molecule has 3 aliphatic heterocycles. The van der Waals surface area contributed by atoms with E-state index in [0.29, 0.717) is 24.5 Å². The third-order valence-corrected chi connectivity index (χ3v) is 7.45. The minimum atomic E-state index is 0.00178. The van der Waals surface area contributed by atoms with Crippen LogP contribution in [0.3, 0.4) is 0 Å². The molecule has 2 aromatic heterocycles. The predicted octanol–water partition coefficient (Wildman–Crippen LogP) is 2.86. The molecule has 1 amide bonds. The average Bonchev–Trinajstić information content (AvgIpc) is 3.41. The van der Waals surface area contributed by atoms with Crippen molar-refractivity contribution in [3.05, 3.63) is 52.0 Å². The fourth-order valence-corrected chi connectivity index (χ4v) is 6.07. The molecule has 3 aliphatic rings. The SMILES string of the molecule is Cc1ccc(C(=O)NC[C@H]2[C@H]3CN(Cc4cccnc4)C[C@]34CC[C@H]2O4)s1. The van der Waals surface area contributed by atoms with Gasteiger partial charge in [0.2, 0.25) is 0 Å². The first-order valence-electron chi connectivity index (χ1n) is 9.77. The van der Waals surface area contributed by atoms with Gasteiger partial charge in [-0.05, 0) is 43.5 Å². The van der Waals surface area contributed by atoms with Gasteiger partial charge in [0.15, 0.2) is 0 Å². The molecule has 2 bridgehead atoms. The average molecular weight is 384 g/mol. The lowest BCUT2D eigenvalue weighted by molar-refractivity contribution is 0.00211. The van der Waals surface area contributed by atoms with Crippen molar-refractivity contribution in [1.82, 2.24) is 15.2 Å². The third kappa shape index (κ3) is 3.10. The molecule has 0 saturated carbocycles. The molecule has 6 heteroatoms. The first kappa shape index (κ1) is 17.3. The zero-order valence-corrected chi connectivity index (χ0v) is 16.4. The molecule has 27 heavy (non-hydrogen) atoms. The van der Waals surface area contributed by atoms with Crippen molar-refractivity contribution in [2.45, 2.75) is 38.0 Å². The highest BCUT2D eigenvalue weighted by atomic mass is 32.1. The summed E-state index contributed by atoms with van der Waals surface area (Å²) in [6.45, 7) is 5.72. The number of likely N-dealkylation sites (tertiary alicyclic amines) is 1. The Balaban J connectivity index is 1.25. The number of hydrogen-bond donors (Lipinski definition) is 1. The Bertz CT molecular complexity index is 839. The third-order valence-electron chi connectivity index (χ3n) is 6.45. The summed E-state index contributed by atoms with van der Waals surface area (Å²) in [6.07, 6.45) is 6.35. The molecule has 5 rings (SSSR count). The molecule has 3 fully saturated rings. The Labute approximate surface area is 163 Å². The molecule has 142 valence electrons. The van der Waals surface area contributed by atoms with Crippen molar-refractivity contribution in [2.24, 2.45) is 11.8 Å². The van der Waals surface area contributed by atoms with Gasteiger partial charge in [0.05, 0.1) is 16.6 Å². The van der Waals surface area contributed by atoms with Crippen LogP contribution < -0.4 is 5.32 Å². The van der Waals surface area contributed by atoms with E-state index in [0.717, 1.165) is 37.4 Å². The molecule has 0 unspecified atom stereocenters. The van der Waals surface area contributed by atoms with Crippen molar-refractivity contribution in [2.75, 3.05) is 19.6 Å². The summed E-state index contributed by atoms with van der Waals surface area (Å²) in [7, 11) is 0. The van der Waals surface area contributed by atoms with Crippen molar-refractivity contribution in [3.8, 4) is 0 Å². The van der Waals surface area contributed by atoms with E-state index in [1.54, 1.807) is 11.3 Å². The first-order chi connectivity index (χ1) is 13.1. The Hall–Kier alpha value is -1.76. The largest absolute Gasteiger partial charge is 0.370 e. The zero-order chi connectivity index (χ0) is 18.4.